The normalized spacial score (nSPS) is 12.0. The van der Waals surface area contributed by atoms with E-state index in [2.05, 4.69) is 61.3 Å². The van der Waals surface area contributed by atoms with E-state index in [1.54, 1.807) is 17.8 Å². The number of hydrogen-bond acceptors (Lipinski definition) is 2. The van der Waals surface area contributed by atoms with Crippen molar-refractivity contribution in [3.63, 3.8) is 0 Å². The summed E-state index contributed by atoms with van der Waals surface area (Å²) < 4.78 is 0. The van der Waals surface area contributed by atoms with E-state index >= 15 is 0 Å². The van der Waals surface area contributed by atoms with Gasteiger partial charge in [0, 0.05) is 15.5 Å². The fraction of sp³-hybridized carbons (Fsp3) is 0.0526. The Balaban J connectivity index is 2.20. The van der Waals surface area contributed by atoms with Crippen LogP contribution in [-0.2, 0) is 0 Å². The number of allylic oxidation sites excluding steroid dienone is 3. The van der Waals surface area contributed by atoms with Crippen LogP contribution >= 0.6 is 11.8 Å². The minimum atomic E-state index is 1.05. The summed E-state index contributed by atoms with van der Waals surface area (Å²) >= 11 is 1.74. The Labute approximate surface area is 131 Å². The van der Waals surface area contributed by atoms with Crippen molar-refractivity contribution >= 4 is 17.4 Å². The molecule has 106 valence electrons. The molecule has 1 nitrogen and oxygen atoms in total. The zero-order valence-electron chi connectivity index (χ0n) is 12.1. The van der Waals surface area contributed by atoms with Crippen LogP contribution in [0.5, 0.6) is 0 Å². The van der Waals surface area contributed by atoms with Gasteiger partial charge in [-0.2, -0.15) is 0 Å². The first-order valence-electron chi connectivity index (χ1n) is 6.88. The molecule has 2 aromatic rings. The molecular weight excluding hydrogens is 274 g/mol. The molecule has 0 radical (unpaired) electrons. The summed E-state index contributed by atoms with van der Waals surface area (Å²) in [7, 11) is 0. The third-order valence-electron chi connectivity index (χ3n) is 2.84. The van der Waals surface area contributed by atoms with Crippen molar-refractivity contribution in [2.75, 3.05) is 5.32 Å². The van der Waals surface area contributed by atoms with Crippen LogP contribution in [0.15, 0.2) is 101 Å². The van der Waals surface area contributed by atoms with Crippen LogP contribution in [0.25, 0.3) is 0 Å². The minimum absolute atomic E-state index is 1.05. The summed E-state index contributed by atoms with van der Waals surface area (Å²) in [6.45, 7) is 5.86. The highest BCUT2D eigenvalue weighted by Crippen LogP contribution is 2.32. The highest BCUT2D eigenvalue weighted by Gasteiger charge is 2.06. The van der Waals surface area contributed by atoms with Crippen LogP contribution in [0, 0.1) is 0 Å². The van der Waals surface area contributed by atoms with Gasteiger partial charge >= 0.3 is 0 Å². The molecule has 2 aromatic carbocycles. The maximum Gasteiger partial charge on any atom is 0.0522 e. The van der Waals surface area contributed by atoms with Crippen LogP contribution in [0.4, 0.5) is 5.69 Å². The van der Waals surface area contributed by atoms with Crippen molar-refractivity contribution in [3.05, 3.63) is 96.1 Å². The molecule has 21 heavy (non-hydrogen) atoms. The van der Waals surface area contributed by atoms with Gasteiger partial charge in [-0.25, -0.2) is 0 Å². The summed E-state index contributed by atoms with van der Waals surface area (Å²) in [6.07, 6.45) is 5.92. The van der Waals surface area contributed by atoms with Crippen LogP contribution in [0.1, 0.15) is 6.92 Å². The lowest BCUT2D eigenvalue weighted by atomic mass is 10.3. The van der Waals surface area contributed by atoms with Crippen LogP contribution in [0.3, 0.4) is 0 Å². The first-order valence-corrected chi connectivity index (χ1v) is 7.69. The van der Waals surface area contributed by atoms with E-state index < -0.39 is 0 Å². The lowest BCUT2D eigenvalue weighted by Gasteiger charge is -2.14. The molecule has 0 aliphatic rings. The lowest BCUT2D eigenvalue weighted by Crippen LogP contribution is -2.00. The predicted octanol–water partition coefficient (Wildman–Crippen LogP) is 5.86. The molecule has 0 amide bonds. The largest absolute Gasteiger partial charge is 0.355 e. The smallest absolute Gasteiger partial charge is 0.0522 e. The Morgan fingerprint density at radius 3 is 2.19 bits per heavy atom. The molecule has 0 atom stereocenters. The summed E-state index contributed by atoms with van der Waals surface area (Å²) in [6, 6.07) is 20.5. The molecule has 0 aliphatic carbocycles. The maximum absolute atomic E-state index is 3.81. The summed E-state index contributed by atoms with van der Waals surface area (Å²) in [5.41, 5.74) is 2.12. The Kier molecular flexibility index (Phi) is 5.92. The zero-order valence-corrected chi connectivity index (χ0v) is 12.9. The molecule has 0 heterocycles. The monoisotopic (exact) mass is 293 g/mol. The third-order valence-corrected chi connectivity index (χ3v) is 4.02. The molecule has 0 fully saturated rings. The van der Waals surface area contributed by atoms with Gasteiger partial charge in [-0.3, -0.25) is 0 Å². The first kappa shape index (κ1) is 15.2. The van der Waals surface area contributed by atoms with Crippen molar-refractivity contribution in [2.24, 2.45) is 0 Å². The van der Waals surface area contributed by atoms with E-state index in [0.29, 0.717) is 0 Å². The van der Waals surface area contributed by atoms with Crippen molar-refractivity contribution in [1.82, 2.24) is 0 Å². The van der Waals surface area contributed by atoms with Crippen molar-refractivity contribution in [1.29, 1.82) is 0 Å². The fourth-order valence-corrected chi connectivity index (χ4v) is 2.76. The van der Waals surface area contributed by atoms with Crippen molar-refractivity contribution < 1.29 is 0 Å². The lowest BCUT2D eigenvalue weighted by molar-refractivity contribution is 1.42. The third kappa shape index (κ3) is 4.69. The highest BCUT2D eigenvalue weighted by atomic mass is 32.2. The van der Waals surface area contributed by atoms with Gasteiger partial charge in [0.25, 0.3) is 0 Å². The Morgan fingerprint density at radius 2 is 1.62 bits per heavy atom. The van der Waals surface area contributed by atoms with Gasteiger partial charge in [-0.15, -0.1) is 0 Å². The van der Waals surface area contributed by atoms with E-state index in [0.717, 1.165) is 11.4 Å². The molecule has 0 bridgehead atoms. The Bertz CT molecular complexity index is 627. The summed E-state index contributed by atoms with van der Waals surface area (Å²) in [5.74, 6) is 0. The highest BCUT2D eigenvalue weighted by molar-refractivity contribution is 8.03. The number of rotatable bonds is 6. The molecule has 2 rings (SSSR count). The van der Waals surface area contributed by atoms with Gasteiger partial charge in [-0.05, 0) is 37.3 Å². The molecule has 0 aromatic heterocycles. The number of anilines is 1. The van der Waals surface area contributed by atoms with Gasteiger partial charge in [0.2, 0.25) is 0 Å². The van der Waals surface area contributed by atoms with Crippen LogP contribution < -0.4 is 5.32 Å². The molecule has 0 unspecified atom stereocenters. The van der Waals surface area contributed by atoms with Crippen LogP contribution in [0.2, 0.25) is 0 Å². The summed E-state index contributed by atoms with van der Waals surface area (Å²) in [5, 5.41) is 3.45. The first-order chi connectivity index (χ1) is 10.3. The quantitative estimate of drug-likeness (QED) is 0.528. The second kappa shape index (κ2) is 8.18. The average molecular weight is 293 g/mol. The van der Waals surface area contributed by atoms with Crippen molar-refractivity contribution in [2.45, 2.75) is 11.8 Å². The van der Waals surface area contributed by atoms with Gasteiger partial charge in [0.05, 0.1) is 5.70 Å². The number of thioether (sulfide) groups is 1. The van der Waals surface area contributed by atoms with E-state index in [1.807, 2.05) is 30.3 Å². The van der Waals surface area contributed by atoms with E-state index in [9.17, 15) is 0 Å². The Hall–Kier alpha value is -2.19. The van der Waals surface area contributed by atoms with Gasteiger partial charge in [0.1, 0.15) is 0 Å². The number of nitrogens with one attached hydrogen (secondary N) is 1. The summed E-state index contributed by atoms with van der Waals surface area (Å²) in [4.78, 5) is 2.39. The van der Waals surface area contributed by atoms with Crippen LogP contribution in [-0.4, -0.2) is 0 Å². The maximum atomic E-state index is 3.81. The topological polar surface area (TPSA) is 12.0 Å². The molecule has 0 saturated carbocycles. The molecular formula is C19H19NS. The SMILES string of the molecule is C=C/C=C(Nc1ccccc1)\C(=C/C)Sc1ccccc1. The van der Waals surface area contributed by atoms with E-state index in [4.69, 9.17) is 0 Å². The minimum Gasteiger partial charge on any atom is -0.355 e. The van der Waals surface area contributed by atoms with Gasteiger partial charge < -0.3 is 5.32 Å². The number of para-hydroxylation sites is 1. The number of benzene rings is 2. The zero-order chi connectivity index (χ0) is 14.9. The molecule has 0 aliphatic heterocycles. The molecule has 0 saturated heterocycles. The Morgan fingerprint density at radius 1 is 1.00 bits per heavy atom. The fourth-order valence-electron chi connectivity index (χ4n) is 1.87. The molecule has 0 spiro atoms. The second-order valence-corrected chi connectivity index (χ2v) is 5.49. The van der Waals surface area contributed by atoms with E-state index in [1.165, 1.54) is 9.80 Å². The average Bonchev–Trinajstić information content (AvgIpc) is 2.54. The number of hydrogen-bond donors (Lipinski definition) is 1. The standard InChI is InChI=1S/C19H19NS/c1-3-11-18(20-16-12-7-5-8-13-16)19(4-2)21-17-14-9-6-10-15-17/h3-15,20H,1H2,2H3/b18-11+,19-4+. The van der Waals surface area contributed by atoms with Crippen molar-refractivity contribution in [3.8, 4) is 0 Å². The second-order valence-electron chi connectivity index (χ2n) is 4.38. The van der Waals surface area contributed by atoms with Gasteiger partial charge in [-0.1, -0.05) is 66.9 Å². The van der Waals surface area contributed by atoms with Gasteiger partial charge in [0.15, 0.2) is 0 Å². The predicted molar refractivity (Wildman–Crippen MR) is 94.4 cm³/mol. The molecule has 2 heteroatoms. The van der Waals surface area contributed by atoms with E-state index in [-0.39, 0.29) is 0 Å². The molecule has 1 N–H and O–H groups in total.